The molecule has 128 valence electrons. The minimum absolute atomic E-state index is 0.180. The van der Waals surface area contributed by atoms with E-state index in [1.165, 1.54) is 11.3 Å². The fourth-order valence-corrected chi connectivity index (χ4v) is 3.18. The van der Waals surface area contributed by atoms with E-state index in [1.807, 2.05) is 35.7 Å². The van der Waals surface area contributed by atoms with Gasteiger partial charge in [0.1, 0.15) is 5.58 Å². The number of rotatable bonds is 4. The number of hydrogen-bond donors (Lipinski definition) is 2. The van der Waals surface area contributed by atoms with Gasteiger partial charge in [0.2, 0.25) is 0 Å². The van der Waals surface area contributed by atoms with E-state index in [1.54, 1.807) is 36.4 Å². The van der Waals surface area contributed by atoms with Crippen molar-refractivity contribution in [2.75, 3.05) is 10.6 Å². The molecule has 0 atom stereocenters. The molecule has 0 radical (unpaired) electrons. The van der Waals surface area contributed by atoms with Crippen molar-refractivity contribution < 1.29 is 14.0 Å². The van der Waals surface area contributed by atoms with Crippen molar-refractivity contribution in [3.8, 4) is 0 Å². The largest absolute Gasteiger partial charge is 0.451 e. The second kappa shape index (κ2) is 6.85. The average molecular weight is 362 g/mol. The van der Waals surface area contributed by atoms with Crippen molar-refractivity contribution in [2.45, 2.75) is 0 Å². The molecule has 5 nitrogen and oxygen atoms in total. The molecule has 4 aromatic rings. The van der Waals surface area contributed by atoms with Gasteiger partial charge in [-0.25, -0.2) is 0 Å². The SMILES string of the molecule is O=C(Nc1cccc(NC(=O)c2cccs2)c1)c1cc2ccccc2o1. The molecule has 0 saturated carbocycles. The van der Waals surface area contributed by atoms with Crippen LogP contribution in [0.2, 0.25) is 0 Å². The lowest BCUT2D eigenvalue weighted by Crippen LogP contribution is -2.12. The number of hydrogen-bond acceptors (Lipinski definition) is 4. The number of carbonyl (C=O) groups is 2. The van der Waals surface area contributed by atoms with Gasteiger partial charge < -0.3 is 15.1 Å². The molecule has 0 aliphatic rings. The van der Waals surface area contributed by atoms with E-state index >= 15 is 0 Å². The fraction of sp³-hybridized carbons (Fsp3) is 0. The van der Waals surface area contributed by atoms with Crippen LogP contribution in [0, 0.1) is 0 Å². The summed E-state index contributed by atoms with van der Waals surface area (Å²) in [5.41, 5.74) is 1.83. The van der Waals surface area contributed by atoms with Gasteiger partial charge in [-0.05, 0) is 41.8 Å². The first-order chi connectivity index (χ1) is 12.7. The van der Waals surface area contributed by atoms with Gasteiger partial charge in [0.05, 0.1) is 4.88 Å². The van der Waals surface area contributed by atoms with Gasteiger partial charge in [0.25, 0.3) is 11.8 Å². The lowest BCUT2D eigenvalue weighted by atomic mass is 10.2. The van der Waals surface area contributed by atoms with Gasteiger partial charge in [0, 0.05) is 16.8 Å². The second-order valence-corrected chi connectivity index (χ2v) is 6.56. The summed E-state index contributed by atoms with van der Waals surface area (Å²) in [6.45, 7) is 0. The predicted octanol–water partition coefficient (Wildman–Crippen LogP) is 5.00. The Bertz CT molecular complexity index is 1050. The van der Waals surface area contributed by atoms with E-state index in [0.717, 1.165) is 5.39 Å². The Morgan fingerprint density at radius 3 is 2.31 bits per heavy atom. The highest BCUT2D eigenvalue weighted by atomic mass is 32.1. The summed E-state index contributed by atoms with van der Waals surface area (Å²) in [6, 6.07) is 19.7. The van der Waals surface area contributed by atoms with E-state index in [-0.39, 0.29) is 17.6 Å². The molecule has 2 amide bonds. The number of anilines is 2. The zero-order valence-corrected chi connectivity index (χ0v) is 14.4. The van der Waals surface area contributed by atoms with Crippen molar-refractivity contribution in [2.24, 2.45) is 0 Å². The van der Waals surface area contributed by atoms with Crippen LogP contribution >= 0.6 is 11.3 Å². The number of fused-ring (bicyclic) bond motifs is 1. The maximum Gasteiger partial charge on any atom is 0.291 e. The maximum absolute atomic E-state index is 12.4. The number of furan rings is 1. The summed E-state index contributed by atoms with van der Waals surface area (Å²) in [5, 5.41) is 8.32. The van der Waals surface area contributed by atoms with Crippen molar-refractivity contribution >= 4 is 45.5 Å². The Labute approximate surface area is 153 Å². The lowest BCUT2D eigenvalue weighted by Gasteiger charge is -2.07. The molecule has 2 aromatic carbocycles. The Hall–Kier alpha value is -3.38. The van der Waals surface area contributed by atoms with Crippen molar-refractivity contribution in [3.63, 3.8) is 0 Å². The molecule has 2 aromatic heterocycles. The molecular weight excluding hydrogens is 348 g/mol. The summed E-state index contributed by atoms with van der Waals surface area (Å²) in [6.07, 6.45) is 0. The molecule has 0 fully saturated rings. The molecule has 26 heavy (non-hydrogen) atoms. The minimum Gasteiger partial charge on any atom is -0.451 e. The third-order valence-electron chi connectivity index (χ3n) is 3.77. The van der Waals surface area contributed by atoms with Gasteiger partial charge in [0.15, 0.2) is 5.76 Å². The van der Waals surface area contributed by atoms with Crippen LogP contribution in [0.15, 0.2) is 76.5 Å². The molecule has 4 rings (SSSR count). The third-order valence-corrected chi connectivity index (χ3v) is 4.64. The van der Waals surface area contributed by atoms with Crippen LogP contribution in [-0.4, -0.2) is 11.8 Å². The topological polar surface area (TPSA) is 71.3 Å². The molecule has 2 heterocycles. The quantitative estimate of drug-likeness (QED) is 0.537. The molecular formula is C20H14N2O3S. The Morgan fingerprint density at radius 2 is 1.58 bits per heavy atom. The van der Waals surface area contributed by atoms with Crippen LogP contribution in [0.4, 0.5) is 11.4 Å². The predicted molar refractivity (Wildman–Crippen MR) is 103 cm³/mol. The molecule has 0 bridgehead atoms. The minimum atomic E-state index is -0.345. The van der Waals surface area contributed by atoms with Gasteiger partial charge in [-0.15, -0.1) is 11.3 Å². The number of thiophene rings is 1. The first-order valence-electron chi connectivity index (χ1n) is 7.94. The molecule has 0 spiro atoms. The number of amides is 2. The summed E-state index contributed by atoms with van der Waals surface area (Å²) in [5.74, 6) is -0.289. The number of nitrogens with one attached hydrogen (secondary N) is 2. The zero-order valence-electron chi connectivity index (χ0n) is 13.6. The van der Waals surface area contributed by atoms with E-state index in [2.05, 4.69) is 10.6 Å². The standard InChI is InChI=1S/C20H14N2O3S/c23-19(17-11-13-5-1-2-8-16(13)25-17)21-14-6-3-7-15(12-14)22-20(24)18-9-4-10-26-18/h1-12H,(H,21,23)(H,22,24). The molecule has 0 aliphatic carbocycles. The van der Waals surface area contributed by atoms with Crippen LogP contribution in [-0.2, 0) is 0 Å². The van der Waals surface area contributed by atoms with Crippen molar-refractivity contribution in [1.82, 2.24) is 0 Å². The highest BCUT2D eigenvalue weighted by Gasteiger charge is 2.13. The van der Waals surface area contributed by atoms with Gasteiger partial charge in [-0.1, -0.05) is 30.3 Å². The normalized spacial score (nSPS) is 10.6. The summed E-state index contributed by atoms with van der Waals surface area (Å²) < 4.78 is 5.57. The van der Waals surface area contributed by atoms with Crippen molar-refractivity contribution in [1.29, 1.82) is 0 Å². The monoisotopic (exact) mass is 362 g/mol. The van der Waals surface area contributed by atoms with Gasteiger partial charge in [-0.2, -0.15) is 0 Å². The fourth-order valence-electron chi connectivity index (χ4n) is 2.56. The van der Waals surface area contributed by atoms with E-state index in [0.29, 0.717) is 21.8 Å². The van der Waals surface area contributed by atoms with Gasteiger partial charge >= 0.3 is 0 Å². The maximum atomic E-state index is 12.4. The Balaban J connectivity index is 1.49. The van der Waals surface area contributed by atoms with Gasteiger partial charge in [-0.3, -0.25) is 9.59 Å². The van der Waals surface area contributed by atoms with Crippen LogP contribution in [0.3, 0.4) is 0 Å². The highest BCUT2D eigenvalue weighted by molar-refractivity contribution is 7.12. The summed E-state index contributed by atoms with van der Waals surface area (Å²) >= 11 is 1.37. The number of carbonyl (C=O) groups excluding carboxylic acids is 2. The van der Waals surface area contributed by atoms with E-state index in [9.17, 15) is 9.59 Å². The molecule has 0 aliphatic heterocycles. The first kappa shape index (κ1) is 16.1. The number of para-hydroxylation sites is 1. The highest BCUT2D eigenvalue weighted by Crippen LogP contribution is 2.21. The molecule has 2 N–H and O–H groups in total. The first-order valence-corrected chi connectivity index (χ1v) is 8.82. The zero-order chi connectivity index (χ0) is 17.9. The molecule has 6 heteroatoms. The summed E-state index contributed by atoms with van der Waals surface area (Å²) in [4.78, 5) is 25.2. The van der Waals surface area contributed by atoms with Crippen LogP contribution in [0.1, 0.15) is 20.2 Å². The lowest BCUT2D eigenvalue weighted by molar-refractivity contribution is 0.0997. The second-order valence-electron chi connectivity index (χ2n) is 5.61. The van der Waals surface area contributed by atoms with Crippen LogP contribution < -0.4 is 10.6 Å². The Kier molecular flexibility index (Phi) is 4.25. The van der Waals surface area contributed by atoms with Crippen LogP contribution in [0.5, 0.6) is 0 Å². The smallest absolute Gasteiger partial charge is 0.291 e. The Morgan fingerprint density at radius 1 is 0.808 bits per heavy atom. The number of benzene rings is 2. The third kappa shape index (κ3) is 3.36. The average Bonchev–Trinajstić information content (AvgIpc) is 3.31. The van der Waals surface area contributed by atoms with Crippen LogP contribution in [0.25, 0.3) is 11.0 Å². The van der Waals surface area contributed by atoms with E-state index in [4.69, 9.17) is 4.42 Å². The molecule has 0 saturated heterocycles. The van der Waals surface area contributed by atoms with Crippen molar-refractivity contribution in [3.05, 3.63) is 82.7 Å². The van der Waals surface area contributed by atoms with E-state index < -0.39 is 0 Å². The summed E-state index contributed by atoms with van der Waals surface area (Å²) in [7, 11) is 0. The molecule has 0 unspecified atom stereocenters.